The van der Waals surface area contributed by atoms with E-state index in [1.165, 1.54) is 0 Å². The van der Waals surface area contributed by atoms with Crippen molar-refractivity contribution in [2.24, 2.45) is 0 Å². The van der Waals surface area contributed by atoms with E-state index in [1.54, 1.807) is 0 Å². The molecule has 0 atom stereocenters. The predicted molar refractivity (Wildman–Crippen MR) is 16.3 cm³/mol. The number of hydrogen-bond acceptors (Lipinski definition) is 3. The molecule has 0 aliphatic carbocycles. The second-order valence-electron chi connectivity index (χ2n) is 0.635. The van der Waals surface area contributed by atoms with E-state index in [2.05, 4.69) is 33.9 Å². The molecule has 1 aromatic rings. The number of rotatable bonds is 0. The van der Waals surface area contributed by atoms with Crippen molar-refractivity contribution in [2.75, 3.05) is 0 Å². The summed E-state index contributed by atoms with van der Waals surface area (Å²) in [4.78, 5) is 9.84. The van der Waals surface area contributed by atoms with Crippen molar-refractivity contribution < 1.29 is 98.1 Å². The molecule has 0 bridgehead atoms. The van der Waals surface area contributed by atoms with Crippen molar-refractivity contribution in [3.05, 3.63) is 19.0 Å². The molecule has 3 radical (unpaired) electrons. The summed E-state index contributed by atoms with van der Waals surface area (Å²) in [7, 11) is 0. The summed E-state index contributed by atoms with van der Waals surface area (Å²) < 4.78 is 0. The molecule has 0 aliphatic rings. The van der Waals surface area contributed by atoms with Gasteiger partial charge in [-0.05, 0) is 0 Å². The molecule has 0 aromatic carbocycles. The van der Waals surface area contributed by atoms with Crippen LogP contribution in [0, 0.1) is 19.0 Å². The van der Waals surface area contributed by atoms with E-state index in [0.29, 0.717) is 0 Å². The molecule has 0 saturated carbocycles. The molecule has 0 saturated heterocycles. The second-order valence-corrected chi connectivity index (χ2v) is 0.635. The fourth-order valence-electron chi connectivity index (χ4n) is 0.142. The molecule has 0 unspecified atom stereocenters. The maximum atomic E-state index is 3.28. The van der Waals surface area contributed by atoms with Crippen molar-refractivity contribution in [2.45, 2.75) is 0 Å². The van der Waals surface area contributed by atoms with Crippen LogP contribution in [0.15, 0.2) is 0 Å². The fraction of sp³-hybridized carbons (Fsp3) is 0. The Balaban J connectivity index is -0.0000000150. The van der Waals surface area contributed by atoms with Crippen molar-refractivity contribution in [1.29, 1.82) is 0 Å². The van der Waals surface area contributed by atoms with Gasteiger partial charge in [-0.2, -0.15) is 0 Å². The summed E-state index contributed by atoms with van der Waals surface area (Å²) in [6, 6.07) is 0. The summed E-state index contributed by atoms with van der Waals surface area (Å²) in [5.74, 6) is 0. The first-order valence-electron chi connectivity index (χ1n) is 1.34. The zero-order valence-electron chi connectivity index (χ0n) is 6.70. The smallest absolute Gasteiger partial charge is 0 e. The van der Waals surface area contributed by atoms with Gasteiger partial charge in [-0.3, -0.25) is 0 Å². The molecule has 0 amide bonds. The third kappa shape index (κ3) is 22.8. The molecule has 3 nitrogen and oxygen atoms in total. The van der Waals surface area contributed by atoms with Crippen LogP contribution >= 0.6 is 0 Å². The van der Waals surface area contributed by atoms with Crippen LogP contribution in [0.1, 0.15) is 0 Å². The fourth-order valence-corrected chi connectivity index (χ4v) is 0.142. The van der Waals surface area contributed by atoms with E-state index in [0.717, 1.165) is 0 Å². The molecule has 12 heavy (non-hydrogen) atoms. The van der Waals surface area contributed by atoms with Crippen LogP contribution in [0.4, 0.5) is 0 Å². The van der Waals surface area contributed by atoms with Crippen molar-refractivity contribution in [3.8, 4) is 0 Å². The van der Waals surface area contributed by atoms with Gasteiger partial charge in [-0.1, -0.05) is 0 Å². The maximum Gasteiger partial charge on any atom is 0 e. The van der Waals surface area contributed by atoms with E-state index < -0.39 is 0 Å². The van der Waals surface area contributed by atoms with Crippen molar-refractivity contribution in [1.82, 2.24) is 15.0 Å². The molecule has 1 aromatic heterocycles. The van der Waals surface area contributed by atoms with Gasteiger partial charge in [-0.25, -0.2) is 0 Å². The Bertz CT molecular complexity index is 96.0. The first-order valence-corrected chi connectivity index (χ1v) is 1.34. The maximum absolute atomic E-state index is 3.28. The summed E-state index contributed by atoms with van der Waals surface area (Å²) in [6.45, 7) is 0. The van der Waals surface area contributed by atoms with Crippen LogP contribution < -0.4 is 0 Å². The van der Waals surface area contributed by atoms with Gasteiger partial charge in [0.05, 0.1) is 0 Å². The standard InChI is InChI=1S/C3N3.3Rf.3Y/c1-4-2-6-3-5-1;;;;;;/q-3;;;;;;. The average Bonchev–Trinajstić information content (AvgIpc) is 1.72. The zero-order valence-corrected chi connectivity index (χ0v) is 34.4. The van der Waals surface area contributed by atoms with E-state index in [1.807, 2.05) is 0 Å². The van der Waals surface area contributed by atoms with Crippen LogP contribution in [-0.4, -0.2) is 15.0 Å². The third-order valence-corrected chi connectivity index (χ3v) is 0.300. The molecule has 1 rings (SSSR count). The summed E-state index contributed by atoms with van der Waals surface area (Å²) >= 11 is 0. The molecule has 0 spiro atoms. The largest absolute Gasteiger partial charge is 0.646 e. The minimum Gasteiger partial charge on any atom is -0.646 e. The SMILES string of the molecule is [Rf].[Rf].[Rf].[Y].[Y].[Y].[c-]1n[c-]n[c-]n1. The Morgan fingerprint density at radius 2 is 0.667 bits per heavy atom. The number of hydrogen-bond donors (Lipinski definition) is 0. The minimum absolute atomic E-state index is 0. The zero-order chi connectivity index (χ0) is 4.24. The molecule has 0 N–H and O–H groups in total. The second kappa shape index (κ2) is 31.7. The Morgan fingerprint density at radius 1 is 0.500 bits per heavy atom. The van der Waals surface area contributed by atoms with Crippen LogP contribution in [0.25, 0.3) is 0 Å². The molecule has 1 heterocycles. The van der Waals surface area contributed by atoms with Gasteiger partial charge in [-0.15, -0.1) is 0 Å². The molecular formula is C3N3Rf3Y3-3. The van der Waals surface area contributed by atoms with E-state index in [-0.39, 0.29) is 98.1 Å². The minimum atomic E-state index is 0. The van der Waals surface area contributed by atoms with Crippen LogP contribution in [0.5, 0.6) is 0 Å². The molecule has 9 heteroatoms. The predicted octanol–water partition coefficient (Wildman–Crippen LogP) is -0.735. The summed E-state index contributed by atoms with van der Waals surface area (Å²) in [5.41, 5.74) is 0. The Morgan fingerprint density at radius 3 is 0.750 bits per heavy atom. The summed E-state index contributed by atoms with van der Waals surface area (Å²) in [6.07, 6.45) is 6.66. The quantitative estimate of drug-likeness (QED) is 0.323. The van der Waals surface area contributed by atoms with E-state index >= 15 is 0 Å². The third-order valence-electron chi connectivity index (χ3n) is 0.300. The average molecular weight is 1150 g/mol. The van der Waals surface area contributed by atoms with Crippen molar-refractivity contribution in [3.63, 3.8) is 0 Å². The first-order chi connectivity index (χ1) is 3.00. The molecule has 45 valence electrons. The first kappa shape index (κ1) is 42.6. The van der Waals surface area contributed by atoms with Gasteiger partial charge < -0.3 is 33.9 Å². The van der Waals surface area contributed by atoms with Gasteiger partial charge >= 0.3 is 0 Å². The van der Waals surface area contributed by atoms with E-state index in [9.17, 15) is 0 Å². The summed E-state index contributed by atoms with van der Waals surface area (Å²) in [5, 5.41) is 0. The number of aromatic nitrogens is 3. The van der Waals surface area contributed by atoms with Gasteiger partial charge in [0.25, 0.3) is 0 Å². The number of nitrogens with zero attached hydrogens (tertiary/aromatic N) is 3. The van der Waals surface area contributed by atoms with Gasteiger partial charge in [0, 0.05) is 98.1 Å². The van der Waals surface area contributed by atoms with Gasteiger partial charge in [0.1, 0.15) is 0 Å². The van der Waals surface area contributed by atoms with E-state index in [4.69, 9.17) is 0 Å². The van der Waals surface area contributed by atoms with Crippen LogP contribution in [-0.2, 0) is 98.1 Å². The normalized spacial score (nSPS) is 4.00. The van der Waals surface area contributed by atoms with Gasteiger partial charge in [0.15, 0.2) is 0 Å². The topological polar surface area (TPSA) is 38.7 Å². The van der Waals surface area contributed by atoms with Crippen LogP contribution in [0.3, 0.4) is 0 Å². The molecule has 0 aliphatic heterocycles. The monoisotopic (exact) mass is 1150 g/mol. The molecule has 0 fully saturated rings. The molecular weight excluding hydrogens is 1150 g/mol. The Labute approximate surface area is 129 Å². The Kier molecular flexibility index (Phi) is 112. The Hall–Kier alpha value is -0.678. The van der Waals surface area contributed by atoms with Gasteiger partial charge in [0.2, 0.25) is 0 Å². The van der Waals surface area contributed by atoms with Crippen molar-refractivity contribution >= 4 is 0 Å². The van der Waals surface area contributed by atoms with Crippen LogP contribution in [0.2, 0.25) is 0 Å².